The zero-order chi connectivity index (χ0) is 17.0. The minimum absolute atomic E-state index is 0.386. The second-order valence-electron chi connectivity index (χ2n) is 6.54. The van der Waals surface area contributed by atoms with Gasteiger partial charge in [0.25, 0.3) is 0 Å². The molecule has 0 fully saturated rings. The SMILES string of the molecule is COc1nc(COc2ccc(C)cc2C(C)C)ccc1C(C)C. The molecule has 0 spiro atoms. The highest BCUT2D eigenvalue weighted by Gasteiger charge is 2.12. The lowest BCUT2D eigenvalue weighted by atomic mass is 10.00. The Morgan fingerprint density at radius 2 is 1.65 bits per heavy atom. The van der Waals surface area contributed by atoms with Crippen LogP contribution in [-0.4, -0.2) is 12.1 Å². The van der Waals surface area contributed by atoms with Crippen molar-refractivity contribution in [3.63, 3.8) is 0 Å². The van der Waals surface area contributed by atoms with E-state index < -0.39 is 0 Å². The van der Waals surface area contributed by atoms with Gasteiger partial charge in [0.15, 0.2) is 0 Å². The van der Waals surface area contributed by atoms with E-state index in [1.54, 1.807) is 7.11 Å². The third-order valence-corrected chi connectivity index (χ3v) is 3.93. The lowest BCUT2D eigenvalue weighted by Crippen LogP contribution is -2.05. The van der Waals surface area contributed by atoms with E-state index in [0.29, 0.717) is 24.3 Å². The number of aromatic nitrogens is 1. The normalized spacial score (nSPS) is 11.1. The summed E-state index contributed by atoms with van der Waals surface area (Å²) in [6.45, 7) is 11.2. The van der Waals surface area contributed by atoms with Gasteiger partial charge in [-0.25, -0.2) is 4.98 Å². The van der Waals surface area contributed by atoms with Crippen molar-refractivity contribution in [2.24, 2.45) is 0 Å². The molecule has 0 saturated carbocycles. The molecule has 1 aromatic heterocycles. The van der Waals surface area contributed by atoms with E-state index in [0.717, 1.165) is 17.0 Å². The van der Waals surface area contributed by atoms with Gasteiger partial charge in [-0.15, -0.1) is 0 Å². The Kier molecular flexibility index (Phi) is 5.64. The lowest BCUT2D eigenvalue weighted by Gasteiger charge is -2.16. The quantitative estimate of drug-likeness (QED) is 0.732. The second kappa shape index (κ2) is 7.49. The average molecular weight is 313 g/mol. The number of rotatable bonds is 6. The third-order valence-electron chi connectivity index (χ3n) is 3.93. The maximum Gasteiger partial charge on any atom is 0.216 e. The van der Waals surface area contributed by atoms with Gasteiger partial charge in [0.1, 0.15) is 12.4 Å². The van der Waals surface area contributed by atoms with Crippen molar-refractivity contribution in [2.45, 2.75) is 53.1 Å². The molecule has 1 heterocycles. The Balaban J connectivity index is 2.18. The van der Waals surface area contributed by atoms with Gasteiger partial charge in [-0.1, -0.05) is 51.5 Å². The number of aryl methyl sites for hydroxylation is 1. The predicted octanol–water partition coefficient (Wildman–Crippen LogP) is 5.22. The fourth-order valence-electron chi connectivity index (χ4n) is 2.57. The predicted molar refractivity (Wildman–Crippen MR) is 94.5 cm³/mol. The molecule has 0 radical (unpaired) electrons. The molecule has 3 nitrogen and oxygen atoms in total. The highest BCUT2D eigenvalue weighted by molar-refractivity contribution is 5.39. The number of hydrogen-bond acceptors (Lipinski definition) is 3. The number of pyridine rings is 1. The molecule has 124 valence electrons. The molecule has 0 aliphatic rings. The molecular weight excluding hydrogens is 286 g/mol. The molecule has 23 heavy (non-hydrogen) atoms. The molecular formula is C20H27NO2. The van der Waals surface area contributed by atoms with Crippen molar-refractivity contribution in [1.82, 2.24) is 4.98 Å². The molecule has 2 rings (SSSR count). The molecule has 0 saturated heterocycles. The maximum absolute atomic E-state index is 6.02. The number of nitrogens with zero attached hydrogens (tertiary/aromatic N) is 1. The fraction of sp³-hybridized carbons (Fsp3) is 0.450. The first-order valence-corrected chi connectivity index (χ1v) is 8.19. The van der Waals surface area contributed by atoms with Gasteiger partial charge in [0, 0.05) is 5.56 Å². The van der Waals surface area contributed by atoms with Crippen LogP contribution in [0.2, 0.25) is 0 Å². The molecule has 0 N–H and O–H groups in total. The molecule has 0 amide bonds. The monoisotopic (exact) mass is 313 g/mol. The fourth-order valence-corrected chi connectivity index (χ4v) is 2.57. The van der Waals surface area contributed by atoms with Crippen LogP contribution in [0, 0.1) is 6.92 Å². The lowest BCUT2D eigenvalue weighted by molar-refractivity contribution is 0.293. The highest BCUT2D eigenvalue weighted by Crippen LogP contribution is 2.29. The molecule has 0 bridgehead atoms. The van der Waals surface area contributed by atoms with Crippen LogP contribution in [0.3, 0.4) is 0 Å². The van der Waals surface area contributed by atoms with Crippen LogP contribution in [0.4, 0.5) is 0 Å². The Morgan fingerprint density at radius 1 is 0.957 bits per heavy atom. The largest absolute Gasteiger partial charge is 0.487 e. The molecule has 0 unspecified atom stereocenters. The van der Waals surface area contributed by atoms with Crippen LogP contribution >= 0.6 is 0 Å². The first-order valence-electron chi connectivity index (χ1n) is 8.19. The van der Waals surface area contributed by atoms with Crippen LogP contribution in [0.1, 0.15) is 61.9 Å². The molecule has 3 heteroatoms. The summed E-state index contributed by atoms with van der Waals surface area (Å²) >= 11 is 0. The Morgan fingerprint density at radius 3 is 2.26 bits per heavy atom. The van der Waals surface area contributed by atoms with Gasteiger partial charge >= 0.3 is 0 Å². The van der Waals surface area contributed by atoms with Crippen molar-refractivity contribution in [3.05, 3.63) is 52.7 Å². The zero-order valence-corrected chi connectivity index (χ0v) is 15.0. The van der Waals surface area contributed by atoms with Crippen LogP contribution in [0.15, 0.2) is 30.3 Å². The van der Waals surface area contributed by atoms with Gasteiger partial charge in [-0.3, -0.25) is 0 Å². The summed E-state index contributed by atoms with van der Waals surface area (Å²) in [5.41, 5.74) is 4.48. The Labute approximate surface area is 139 Å². The smallest absolute Gasteiger partial charge is 0.216 e. The summed E-state index contributed by atoms with van der Waals surface area (Å²) in [5, 5.41) is 0. The highest BCUT2D eigenvalue weighted by atomic mass is 16.5. The van der Waals surface area contributed by atoms with Crippen LogP contribution in [-0.2, 0) is 6.61 Å². The number of ether oxygens (including phenoxy) is 2. The number of benzene rings is 1. The van der Waals surface area contributed by atoms with E-state index in [1.807, 2.05) is 12.1 Å². The van der Waals surface area contributed by atoms with Crippen LogP contribution in [0.25, 0.3) is 0 Å². The van der Waals surface area contributed by atoms with Gasteiger partial charge < -0.3 is 9.47 Å². The average Bonchev–Trinajstić information content (AvgIpc) is 2.53. The maximum atomic E-state index is 6.02. The van der Waals surface area contributed by atoms with Crippen LogP contribution < -0.4 is 9.47 Å². The van der Waals surface area contributed by atoms with Gasteiger partial charge in [-0.05, 0) is 36.5 Å². The van der Waals surface area contributed by atoms with E-state index in [1.165, 1.54) is 11.1 Å². The third kappa shape index (κ3) is 4.25. The molecule has 0 aliphatic heterocycles. The molecule has 1 aromatic carbocycles. The van der Waals surface area contributed by atoms with Crippen molar-refractivity contribution in [1.29, 1.82) is 0 Å². The molecule has 0 atom stereocenters. The summed E-state index contributed by atoms with van der Waals surface area (Å²) in [4.78, 5) is 4.57. The summed E-state index contributed by atoms with van der Waals surface area (Å²) in [6.07, 6.45) is 0. The van der Waals surface area contributed by atoms with E-state index >= 15 is 0 Å². The molecule has 2 aromatic rings. The van der Waals surface area contributed by atoms with Crippen molar-refractivity contribution in [3.8, 4) is 11.6 Å². The van der Waals surface area contributed by atoms with Gasteiger partial charge in [0.2, 0.25) is 5.88 Å². The van der Waals surface area contributed by atoms with Crippen molar-refractivity contribution < 1.29 is 9.47 Å². The standard InChI is InChI=1S/C20H27NO2/c1-13(2)17-9-8-16(21-20(17)22-6)12-23-19-10-7-15(5)11-18(19)14(3)4/h7-11,13-14H,12H2,1-6H3. The van der Waals surface area contributed by atoms with Crippen molar-refractivity contribution >= 4 is 0 Å². The van der Waals surface area contributed by atoms with E-state index in [-0.39, 0.29) is 0 Å². The van der Waals surface area contributed by atoms with Crippen LogP contribution in [0.5, 0.6) is 11.6 Å². The number of methoxy groups -OCH3 is 1. The summed E-state index contributed by atoms with van der Waals surface area (Å²) in [7, 11) is 1.66. The summed E-state index contributed by atoms with van der Waals surface area (Å²) in [6, 6.07) is 10.4. The Hall–Kier alpha value is -2.03. The zero-order valence-electron chi connectivity index (χ0n) is 15.0. The van der Waals surface area contributed by atoms with E-state index in [9.17, 15) is 0 Å². The number of hydrogen-bond donors (Lipinski definition) is 0. The van der Waals surface area contributed by atoms with E-state index in [4.69, 9.17) is 9.47 Å². The first kappa shape index (κ1) is 17.3. The second-order valence-corrected chi connectivity index (χ2v) is 6.54. The Bertz CT molecular complexity index is 663. The molecule has 0 aliphatic carbocycles. The topological polar surface area (TPSA) is 31.4 Å². The van der Waals surface area contributed by atoms with E-state index in [2.05, 4.69) is 57.8 Å². The van der Waals surface area contributed by atoms with Gasteiger partial charge in [0.05, 0.1) is 12.8 Å². The minimum atomic E-state index is 0.386. The first-order chi connectivity index (χ1) is 10.9. The summed E-state index contributed by atoms with van der Waals surface area (Å²) in [5.74, 6) is 2.43. The summed E-state index contributed by atoms with van der Waals surface area (Å²) < 4.78 is 11.4. The minimum Gasteiger partial charge on any atom is -0.487 e. The van der Waals surface area contributed by atoms with Gasteiger partial charge in [-0.2, -0.15) is 0 Å². The van der Waals surface area contributed by atoms with Crippen molar-refractivity contribution in [2.75, 3.05) is 7.11 Å².